The first-order valence-electron chi connectivity index (χ1n) is 10.7. The molecule has 3 aromatic rings. The molecular formula is C25H25N3O5. The maximum Gasteiger partial charge on any atom is 0.295 e. The summed E-state index contributed by atoms with van der Waals surface area (Å²) in [5.74, 6) is -0.421. The smallest absolute Gasteiger partial charge is 0.295 e. The molecule has 3 heterocycles. The standard InChI is InChI=1S/C25H25N3O5/c1-15(2)16-8-9-18-20(12-16)33-22-21(18)32-14-25(28(23(22)29)10-11-31-3)24(30)26-13-17-6-4-5-7-19(17)27-25/h4-9,12,27H,1,10-11,13-14H2,2-3H3,(H,26,30). The number of furan rings is 1. The summed E-state index contributed by atoms with van der Waals surface area (Å²) in [5, 5.41) is 6.91. The van der Waals surface area contributed by atoms with Crippen LogP contribution in [0, 0.1) is 0 Å². The van der Waals surface area contributed by atoms with Crippen molar-refractivity contribution in [3.63, 3.8) is 0 Å². The predicted molar refractivity (Wildman–Crippen MR) is 124 cm³/mol. The Kier molecular flexibility index (Phi) is 5.09. The molecule has 1 unspecified atom stereocenters. The van der Waals surface area contributed by atoms with Gasteiger partial charge in [0.2, 0.25) is 11.4 Å². The third-order valence-corrected chi connectivity index (χ3v) is 6.16. The highest BCUT2D eigenvalue weighted by atomic mass is 16.5. The lowest BCUT2D eigenvalue weighted by atomic mass is 10.1. The molecule has 2 aliphatic rings. The Balaban J connectivity index is 1.64. The Morgan fingerprint density at radius 2 is 2.06 bits per heavy atom. The molecule has 8 nitrogen and oxygen atoms in total. The van der Waals surface area contributed by atoms with Crippen molar-refractivity contribution >= 4 is 34.0 Å². The lowest BCUT2D eigenvalue weighted by Gasteiger charge is -2.40. The number of methoxy groups -OCH3 is 1. The second-order valence-corrected chi connectivity index (χ2v) is 8.31. The molecular weight excluding hydrogens is 422 g/mol. The lowest BCUT2D eigenvalue weighted by Crippen LogP contribution is -2.67. The number of amides is 2. The minimum atomic E-state index is -1.48. The second-order valence-electron chi connectivity index (χ2n) is 8.31. The number of anilines is 1. The van der Waals surface area contributed by atoms with Gasteiger partial charge in [0.15, 0.2) is 5.75 Å². The van der Waals surface area contributed by atoms with Gasteiger partial charge < -0.3 is 24.5 Å². The van der Waals surface area contributed by atoms with E-state index in [0.717, 1.165) is 22.4 Å². The Morgan fingerprint density at radius 3 is 2.85 bits per heavy atom. The Bertz CT molecular complexity index is 1280. The van der Waals surface area contributed by atoms with Gasteiger partial charge in [-0.15, -0.1) is 0 Å². The first kappa shape index (κ1) is 21.1. The number of para-hydroxylation sites is 1. The second kappa shape index (κ2) is 7.97. The van der Waals surface area contributed by atoms with E-state index in [1.54, 1.807) is 7.11 Å². The van der Waals surface area contributed by atoms with E-state index in [4.69, 9.17) is 13.9 Å². The van der Waals surface area contributed by atoms with Crippen LogP contribution in [-0.2, 0) is 16.1 Å². The predicted octanol–water partition coefficient (Wildman–Crippen LogP) is 3.39. The number of carbonyl (C=O) groups is 2. The highest BCUT2D eigenvalue weighted by molar-refractivity contribution is 6.06. The molecule has 0 saturated heterocycles. The highest BCUT2D eigenvalue weighted by Crippen LogP contribution is 2.40. The van der Waals surface area contributed by atoms with Gasteiger partial charge in [0.1, 0.15) is 12.2 Å². The van der Waals surface area contributed by atoms with Crippen LogP contribution in [-0.4, -0.2) is 49.2 Å². The Hall–Kier alpha value is -3.78. The molecule has 33 heavy (non-hydrogen) atoms. The summed E-state index contributed by atoms with van der Waals surface area (Å²) in [4.78, 5) is 28.7. The van der Waals surface area contributed by atoms with Gasteiger partial charge in [-0.2, -0.15) is 0 Å². The van der Waals surface area contributed by atoms with Crippen LogP contribution in [0.5, 0.6) is 5.75 Å². The van der Waals surface area contributed by atoms with Gasteiger partial charge in [0.05, 0.1) is 12.0 Å². The maximum atomic E-state index is 13.8. The number of benzene rings is 2. The molecule has 0 saturated carbocycles. The van der Waals surface area contributed by atoms with E-state index in [2.05, 4.69) is 17.2 Å². The monoisotopic (exact) mass is 447 g/mol. The summed E-state index contributed by atoms with van der Waals surface area (Å²) in [6.45, 7) is 6.50. The third kappa shape index (κ3) is 3.34. The van der Waals surface area contributed by atoms with Gasteiger partial charge in [-0.05, 0) is 36.2 Å². The van der Waals surface area contributed by atoms with Gasteiger partial charge in [0.25, 0.3) is 11.8 Å². The average Bonchev–Trinajstić information content (AvgIpc) is 3.06. The highest BCUT2D eigenvalue weighted by Gasteiger charge is 2.52. The number of hydrogen-bond donors (Lipinski definition) is 2. The number of nitrogens with one attached hydrogen (secondary N) is 2. The molecule has 2 aliphatic heterocycles. The molecule has 0 fully saturated rings. The van der Waals surface area contributed by atoms with Crippen molar-refractivity contribution in [2.24, 2.45) is 0 Å². The number of ether oxygens (including phenoxy) is 2. The van der Waals surface area contributed by atoms with Gasteiger partial charge in [-0.25, -0.2) is 0 Å². The maximum absolute atomic E-state index is 13.8. The molecule has 1 spiro atoms. The summed E-state index contributed by atoms with van der Waals surface area (Å²) in [6, 6.07) is 13.2. The van der Waals surface area contributed by atoms with Crippen LogP contribution in [0.3, 0.4) is 0 Å². The van der Waals surface area contributed by atoms with Crippen molar-refractivity contribution in [3.8, 4) is 5.75 Å². The van der Waals surface area contributed by atoms with Gasteiger partial charge in [-0.1, -0.05) is 36.4 Å². The van der Waals surface area contributed by atoms with Crippen LogP contribution < -0.4 is 15.4 Å². The van der Waals surface area contributed by atoms with Crippen LogP contribution in [0.1, 0.15) is 28.6 Å². The van der Waals surface area contributed by atoms with Crippen LogP contribution in [0.4, 0.5) is 5.69 Å². The molecule has 170 valence electrons. The van der Waals surface area contributed by atoms with Gasteiger partial charge >= 0.3 is 0 Å². The van der Waals surface area contributed by atoms with Crippen molar-refractivity contribution in [2.75, 3.05) is 32.2 Å². The van der Waals surface area contributed by atoms with E-state index in [9.17, 15) is 9.59 Å². The zero-order chi connectivity index (χ0) is 23.2. The van der Waals surface area contributed by atoms with E-state index in [1.807, 2.05) is 49.4 Å². The first-order chi connectivity index (χ1) is 15.9. The van der Waals surface area contributed by atoms with Crippen molar-refractivity contribution < 1.29 is 23.5 Å². The molecule has 2 amide bonds. The summed E-state index contributed by atoms with van der Waals surface area (Å²) in [5.41, 5.74) is 2.51. The van der Waals surface area contributed by atoms with Crippen molar-refractivity contribution in [1.29, 1.82) is 0 Å². The fourth-order valence-electron chi connectivity index (χ4n) is 4.34. The first-order valence-corrected chi connectivity index (χ1v) is 10.7. The quantitative estimate of drug-likeness (QED) is 0.637. The molecule has 1 aromatic heterocycles. The zero-order valence-electron chi connectivity index (χ0n) is 18.6. The number of rotatable bonds is 4. The number of fused-ring (bicyclic) bond motifs is 4. The molecule has 2 N–H and O–H groups in total. The number of carbonyl (C=O) groups excluding carboxylic acids is 2. The van der Waals surface area contributed by atoms with E-state index >= 15 is 0 Å². The number of nitrogens with zero attached hydrogens (tertiary/aromatic N) is 1. The molecule has 0 bridgehead atoms. The van der Waals surface area contributed by atoms with Crippen molar-refractivity contribution in [3.05, 3.63) is 65.9 Å². The summed E-state index contributed by atoms with van der Waals surface area (Å²) in [6.07, 6.45) is 0. The lowest BCUT2D eigenvalue weighted by molar-refractivity contribution is -0.132. The van der Waals surface area contributed by atoms with Crippen molar-refractivity contribution in [2.45, 2.75) is 19.1 Å². The topological polar surface area (TPSA) is 93.0 Å². The fraction of sp³-hybridized carbons (Fsp3) is 0.280. The zero-order valence-corrected chi connectivity index (χ0v) is 18.6. The van der Waals surface area contributed by atoms with E-state index in [1.165, 1.54) is 4.90 Å². The molecule has 0 aliphatic carbocycles. The molecule has 2 aromatic carbocycles. The van der Waals surface area contributed by atoms with E-state index in [0.29, 0.717) is 23.3 Å². The van der Waals surface area contributed by atoms with Crippen LogP contribution >= 0.6 is 0 Å². The summed E-state index contributed by atoms with van der Waals surface area (Å²) >= 11 is 0. The van der Waals surface area contributed by atoms with Crippen LogP contribution in [0.2, 0.25) is 0 Å². The number of hydrogen-bond acceptors (Lipinski definition) is 6. The molecule has 8 heteroatoms. The Morgan fingerprint density at radius 1 is 1.24 bits per heavy atom. The SMILES string of the molecule is C=C(C)c1ccc2c3c(oc2c1)C(=O)N(CCOC)C1(CO3)Nc2ccccc2CNC1=O. The Labute approximate surface area is 191 Å². The van der Waals surface area contributed by atoms with Crippen LogP contribution in [0.15, 0.2) is 53.5 Å². The average molecular weight is 447 g/mol. The molecule has 0 radical (unpaired) electrons. The third-order valence-electron chi connectivity index (χ3n) is 6.16. The summed E-state index contributed by atoms with van der Waals surface area (Å²) < 4.78 is 17.4. The molecule has 5 rings (SSSR count). The van der Waals surface area contributed by atoms with Gasteiger partial charge in [-0.3, -0.25) is 14.5 Å². The van der Waals surface area contributed by atoms with Crippen molar-refractivity contribution in [1.82, 2.24) is 10.2 Å². The van der Waals surface area contributed by atoms with Gasteiger partial charge in [0, 0.05) is 25.9 Å². The van der Waals surface area contributed by atoms with E-state index in [-0.39, 0.29) is 31.4 Å². The summed E-state index contributed by atoms with van der Waals surface area (Å²) in [7, 11) is 1.55. The normalized spacial score (nSPS) is 19.8. The minimum absolute atomic E-state index is 0.0592. The fourth-order valence-corrected chi connectivity index (χ4v) is 4.34. The van der Waals surface area contributed by atoms with E-state index < -0.39 is 11.6 Å². The number of allylic oxidation sites excluding steroid dienone is 1. The van der Waals surface area contributed by atoms with Crippen LogP contribution in [0.25, 0.3) is 16.5 Å². The largest absolute Gasteiger partial charge is 0.484 e. The minimum Gasteiger partial charge on any atom is -0.484 e. The molecule has 1 atom stereocenters.